The van der Waals surface area contributed by atoms with Crippen LogP contribution in [0.15, 0.2) is 18.2 Å². The second kappa shape index (κ2) is 11.3. The van der Waals surface area contributed by atoms with Crippen LogP contribution in [0.1, 0.15) is 44.2 Å². The molecule has 1 saturated heterocycles. The van der Waals surface area contributed by atoms with E-state index in [1.807, 2.05) is 18.0 Å². The fourth-order valence-electron chi connectivity index (χ4n) is 3.70. The van der Waals surface area contributed by atoms with Crippen molar-refractivity contribution in [3.63, 3.8) is 0 Å². The van der Waals surface area contributed by atoms with Crippen molar-refractivity contribution in [3.05, 3.63) is 29.3 Å². The van der Waals surface area contributed by atoms with Crippen LogP contribution in [0, 0.1) is 6.92 Å². The minimum Gasteiger partial charge on any atom is -0.494 e. The molecule has 0 spiro atoms. The number of ether oxygens (including phenoxy) is 1. The van der Waals surface area contributed by atoms with Gasteiger partial charge >= 0.3 is 0 Å². The van der Waals surface area contributed by atoms with Crippen molar-refractivity contribution in [1.82, 2.24) is 15.1 Å². The Bertz CT molecular complexity index is 581. The van der Waals surface area contributed by atoms with Crippen molar-refractivity contribution in [2.24, 2.45) is 0 Å². The van der Waals surface area contributed by atoms with Crippen LogP contribution < -0.4 is 10.1 Å². The molecule has 1 N–H and O–H groups in total. The van der Waals surface area contributed by atoms with Crippen LogP contribution >= 0.6 is 0 Å². The summed E-state index contributed by atoms with van der Waals surface area (Å²) in [4.78, 5) is 17.1. The molecule has 0 aromatic heterocycles. The Morgan fingerprint density at radius 1 is 1.26 bits per heavy atom. The summed E-state index contributed by atoms with van der Waals surface area (Å²) < 4.78 is 5.92. The number of rotatable bonds is 11. The molecule has 27 heavy (non-hydrogen) atoms. The third-order valence-electron chi connectivity index (χ3n) is 5.58. The molecule has 1 aliphatic heterocycles. The first-order chi connectivity index (χ1) is 13.1. The van der Waals surface area contributed by atoms with E-state index in [1.165, 1.54) is 11.1 Å². The highest BCUT2D eigenvalue weighted by atomic mass is 16.5. The van der Waals surface area contributed by atoms with Crippen LogP contribution in [0.2, 0.25) is 0 Å². The first-order valence-electron chi connectivity index (χ1n) is 10.5. The maximum Gasteiger partial charge on any atom is 0.240 e. The number of likely N-dealkylation sites (tertiary alicyclic amines) is 1. The standard InChI is InChI=1S/C22H37N3O2/c1-5-24(6-2)12-9-15-27-20-11-10-19(18(3)16-20)17-21(23-4)22(26)25-13-7-8-14-25/h10-11,16,21,23H,5-9,12-15,17H2,1-4H3/t21-/m0/s1. The summed E-state index contributed by atoms with van der Waals surface area (Å²) in [5.74, 6) is 1.15. The second-order valence-electron chi connectivity index (χ2n) is 7.39. The molecule has 1 aromatic rings. The van der Waals surface area contributed by atoms with E-state index in [0.29, 0.717) is 0 Å². The number of nitrogens with zero attached hydrogens (tertiary/aromatic N) is 2. The third-order valence-corrected chi connectivity index (χ3v) is 5.58. The highest BCUT2D eigenvalue weighted by molar-refractivity contribution is 5.82. The monoisotopic (exact) mass is 375 g/mol. The fraction of sp³-hybridized carbons (Fsp3) is 0.682. The molecule has 0 saturated carbocycles. The van der Waals surface area contributed by atoms with Gasteiger partial charge in [-0.2, -0.15) is 0 Å². The van der Waals surface area contributed by atoms with Gasteiger partial charge in [0.25, 0.3) is 0 Å². The van der Waals surface area contributed by atoms with Crippen molar-refractivity contribution in [1.29, 1.82) is 0 Å². The maximum atomic E-state index is 12.7. The molecule has 1 atom stereocenters. The molecule has 2 rings (SSSR count). The van der Waals surface area contributed by atoms with E-state index in [4.69, 9.17) is 4.74 Å². The lowest BCUT2D eigenvalue weighted by atomic mass is 10.00. The molecule has 0 unspecified atom stereocenters. The van der Waals surface area contributed by atoms with E-state index < -0.39 is 0 Å². The lowest BCUT2D eigenvalue weighted by molar-refractivity contribution is -0.132. The zero-order valence-corrected chi connectivity index (χ0v) is 17.6. The van der Waals surface area contributed by atoms with Gasteiger partial charge in [-0.15, -0.1) is 0 Å². The minimum absolute atomic E-state index is 0.150. The number of hydrogen-bond donors (Lipinski definition) is 1. The van der Waals surface area contributed by atoms with E-state index in [2.05, 4.69) is 43.1 Å². The van der Waals surface area contributed by atoms with Crippen LogP contribution in [-0.2, 0) is 11.2 Å². The van der Waals surface area contributed by atoms with Gasteiger partial charge in [-0.1, -0.05) is 19.9 Å². The van der Waals surface area contributed by atoms with Gasteiger partial charge in [0.2, 0.25) is 5.91 Å². The quantitative estimate of drug-likeness (QED) is 0.604. The van der Waals surface area contributed by atoms with Gasteiger partial charge in [-0.25, -0.2) is 0 Å². The first kappa shape index (κ1) is 21.7. The summed E-state index contributed by atoms with van der Waals surface area (Å²) in [6.07, 6.45) is 4.01. The van der Waals surface area contributed by atoms with Crippen LogP contribution in [-0.4, -0.2) is 68.1 Å². The average molecular weight is 376 g/mol. The van der Waals surface area contributed by atoms with Crippen molar-refractivity contribution in [2.75, 3.05) is 46.4 Å². The van der Waals surface area contributed by atoms with Gasteiger partial charge < -0.3 is 19.9 Å². The number of likely N-dealkylation sites (N-methyl/N-ethyl adjacent to an activating group) is 1. The van der Waals surface area contributed by atoms with Gasteiger partial charge in [-0.05, 0) is 76.0 Å². The number of hydrogen-bond acceptors (Lipinski definition) is 4. The Morgan fingerprint density at radius 2 is 1.96 bits per heavy atom. The van der Waals surface area contributed by atoms with Gasteiger partial charge in [0.1, 0.15) is 5.75 Å². The molecule has 1 fully saturated rings. The number of carbonyl (C=O) groups is 1. The van der Waals surface area contributed by atoms with Crippen LogP contribution in [0.25, 0.3) is 0 Å². The van der Waals surface area contributed by atoms with E-state index in [9.17, 15) is 4.79 Å². The molecule has 1 amide bonds. The van der Waals surface area contributed by atoms with E-state index >= 15 is 0 Å². The Kier molecular flexibility index (Phi) is 9.08. The molecule has 5 nitrogen and oxygen atoms in total. The third kappa shape index (κ3) is 6.51. The van der Waals surface area contributed by atoms with Crippen molar-refractivity contribution >= 4 is 5.91 Å². The first-order valence-corrected chi connectivity index (χ1v) is 10.5. The van der Waals surface area contributed by atoms with E-state index in [0.717, 1.165) is 70.8 Å². The average Bonchev–Trinajstić information content (AvgIpc) is 3.22. The summed E-state index contributed by atoms with van der Waals surface area (Å²) in [5, 5.41) is 3.21. The molecule has 152 valence electrons. The lowest BCUT2D eigenvalue weighted by Crippen LogP contribution is -2.45. The number of amides is 1. The summed E-state index contributed by atoms with van der Waals surface area (Å²) in [6.45, 7) is 12.3. The van der Waals surface area contributed by atoms with Gasteiger partial charge in [0.15, 0.2) is 0 Å². The largest absolute Gasteiger partial charge is 0.494 e. The highest BCUT2D eigenvalue weighted by Crippen LogP contribution is 2.20. The molecule has 5 heteroatoms. The molecule has 0 radical (unpaired) electrons. The normalized spacial score (nSPS) is 15.4. The molecule has 1 aromatic carbocycles. The number of carbonyl (C=O) groups excluding carboxylic acids is 1. The van der Waals surface area contributed by atoms with Crippen molar-refractivity contribution in [2.45, 2.75) is 52.5 Å². The smallest absolute Gasteiger partial charge is 0.240 e. The van der Waals surface area contributed by atoms with E-state index in [1.54, 1.807) is 0 Å². The molecule has 1 aliphatic rings. The number of benzene rings is 1. The van der Waals surface area contributed by atoms with Gasteiger partial charge in [0, 0.05) is 19.6 Å². The van der Waals surface area contributed by atoms with Gasteiger partial charge in [-0.3, -0.25) is 4.79 Å². The SMILES string of the molecule is CCN(CC)CCCOc1ccc(C[C@H](NC)C(=O)N2CCCC2)c(C)c1. The van der Waals surface area contributed by atoms with Crippen LogP contribution in [0.3, 0.4) is 0 Å². The fourth-order valence-corrected chi connectivity index (χ4v) is 3.70. The van der Waals surface area contributed by atoms with Gasteiger partial charge in [0.05, 0.1) is 12.6 Å². The maximum absolute atomic E-state index is 12.7. The van der Waals surface area contributed by atoms with Crippen molar-refractivity contribution in [3.8, 4) is 5.75 Å². The summed E-state index contributed by atoms with van der Waals surface area (Å²) in [5.41, 5.74) is 2.39. The van der Waals surface area contributed by atoms with E-state index in [-0.39, 0.29) is 11.9 Å². The topological polar surface area (TPSA) is 44.8 Å². The molecule has 0 aliphatic carbocycles. The minimum atomic E-state index is -0.150. The molecular weight excluding hydrogens is 338 g/mol. The molecule has 0 bridgehead atoms. The number of nitrogens with one attached hydrogen (secondary N) is 1. The lowest BCUT2D eigenvalue weighted by Gasteiger charge is -2.23. The number of aryl methyl sites for hydroxylation is 1. The summed E-state index contributed by atoms with van der Waals surface area (Å²) >= 11 is 0. The summed E-state index contributed by atoms with van der Waals surface area (Å²) in [6, 6.07) is 6.09. The molecular formula is C22H37N3O2. The predicted octanol–water partition coefficient (Wildman–Crippen LogP) is 2.86. The highest BCUT2D eigenvalue weighted by Gasteiger charge is 2.25. The van der Waals surface area contributed by atoms with Crippen LogP contribution in [0.5, 0.6) is 5.75 Å². The Hall–Kier alpha value is -1.59. The predicted molar refractivity (Wildman–Crippen MR) is 111 cm³/mol. The molecule has 1 heterocycles. The van der Waals surface area contributed by atoms with Crippen molar-refractivity contribution < 1.29 is 9.53 Å². The zero-order chi connectivity index (χ0) is 19.6. The second-order valence-corrected chi connectivity index (χ2v) is 7.39. The zero-order valence-electron chi connectivity index (χ0n) is 17.6. The Balaban J connectivity index is 1.86. The van der Waals surface area contributed by atoms with Crippen LogP contribution in [0.4, 0.5) is 0 Å². The summed E-state index contributed by atoms with van der Waals surface area (Å²) in [7, 11) is 1.88. The Labute approximate surface area is 165 Å². The Morgan fingerprint density at radius 3 is 2.56 bits per heavy atom.